The molecule has 2 heterocycles. The number of halogens is 6. The lowest BCUT2D eigenvalue weighted by molar-refractivity contribution is -0.143. The smallest absolute Gasteiger partial charge is 0.433 e. The summed E-state index contributed by atoms with van der Waals surface area (Å²) in [5.41, 5.74) is -1.84. The van der Waals surface area contributed by atoms with E-state index in [2.05, 4.69) is 10.2 Å². The maximum atomic E-state index is 12.6. The second-order valence-corrected chi connectivity index (χ2v) is 6.23. The fourth-order valence-electron chi connectivity index (χ4n) is 2.71. The van der Waals surface area contributed by atoms with Gasteiger partial charge in [0, 0.05) is 0 Å². The number of aromatic hydroxyl groups is 2. The van der Waals surface area contributed by atoms with Crippen molar-refractivity contribution in [2.45, 2.75) is 12.4 Å². The van der Waals surface area contributed by atoms with Gasteiger partial charge in [0.15, 0.2) is 0 Å². The summed E-state index contributed by atoms with van der Waals surface area (Å²) in [6, 6.07) is 13.1. The molecule has 0 atom stereocenters. The van der Waals surface area contributed by atoms with Crippen LogP contribution in [0, 0.1) is 0 Å². The van der Waals surface area contributed by atoms with Crippen LogP contribution in [0.5, 0.6) is 11.5 Å². The van der Waals surface area contributed by atoms with Crippen LogP contribution in [0.2, 0.25) is 0 Å². The van der Waals surface area contributed by atoms with Gasteiger partial charge in [0.1, 0.15) is 34.3 Å². The summed E-state index contributed by atoms with van der Waals surface area (Å²) < 4.78 is 76.7. The van der Waals surface area contributed by atoms with E-state index in [0.29, 0.717) is 9.36 Å². The third kappa shape index (κ3) is 4.85. The Bertz CT molecular complexity index is 1100. The van der Waals surface area contributed by atoms with Crippen molar-refractivity contribution in [3.05, 3.63) is 84.4 Å². The lowest BCUT2D eigenvalue weighted by Crippen LogP contribution is -2.13. The van der Waals surface area contributed by atoms with Gasteiger partial charge in [-0.2, -0.15) is 36.5 Å². The number of alkyl halides is 6. The zero-order valence-corrected chi connectivity index (χ0v) is 15.9. The number of rotatable bonds is 2. The van der Waals surface area contributed by atoms with Crippen molar-refractivity contribution in [1.82, 2.24) is 19.6 Å². The number of phenols is 2. The van der Waals surface area contributed by atoms with Crippen molar-refractivity contribution in [2.24, 2.45) is 0 Å². The van der Waals surface area contributed by atoms with E-state index in [1.165, 1.54) is 48.5 Å². The van der Waals surface area contributed by atoms with Gasteiger partial charge in [-0.25, -0.2) is 9.36 Å². The lowest BCUT2D eigenvalue weighted by atomic mass is 10.3. The van der Waals surface area contributed by atoms with Gasteiger partial charge in [0.05, 0.1) is 12.4 Å². The van der Waals surface area contributed by atoms with Gasteiger partial charge in [-0.15, -0.1) is 0 Å². The van der Waals surface area contributed by atoms with Crippen LogP contribution in [0.4, 0.5) is 26.3 Å². The van der Waals surface area contributed by atoms with Crippen molar-refractivity contribution < 1.29 is 36.6 Å². The van der Waals surface area contributed by atoms with E-state index in [0.717, 1.165) is 24.5 Å². The quantitative estimate of drug-likeness (QED) is 0.407. The summed E-state index contributed by atoms with van der Waals surface area (Å²) >= 11 is 0. The molecule has 0 spiro atoms. The number of benzene rings is 2. The van der Waals surface area contributed by atoms with Crippen LogP contribution in [0.1, 0.15) is 11.4 Å². The summed E-state index contributed by atoms with van der Waals surface area (Å²) in [6.07, 6.45) is -6.93. The highest BCUT2D eigenvalue weighted by molar-refractivity contribution is 5.46. The Morgan fingerprint density at radius 1 is 0.562 bits per heavy atom. The topological polar surface area (TPSA) is 76.1 Å². The maximum Gasteiger partial charge on any atom is 0.433 e. The van der Waals surface area contributed by atoms with Gasteiger partial charge in [-0.3, -0.25) is 0 Å². The van der Waals surface area contributed by atoms with Gasteiger partial charge in [-0.1, -0.05) is 24.3 Å². The average Bonchev–Trinajstić information content (AvgIpc) is 3.38. The normalized spacial score (nSPS) is 11.7. The molecule has 0 saturated heterocycles. The molecule has 168 valence electrons. The van der Waals surface area contributed by atoms with Gasteiger partial charge < -0.3 is 10.2 Å². The number of aromatic nitrogens is 4. The summed E-state index contributed by atoms with van der Waals surface area (Å²) in [5.74, 6) is -0.506. The van der Waals surface area contributed by atoms with Crippen molar-refractivity contribution in [3.8, 4) is 22.9 Å². The van der Waals surface area contributed by atoms with E-state index in [9.17, 15) is 36.6 Å². The van der Waals surface area contributed by atoms with E-state index >= 15 is 0 Å². The highest BCUT2D eigenvalue weighted by Gasteiger charge is 2.36. The predicted molar refractivity (Wildman–Crippen MR) is 100 cm³/mol. The summed E-state index contributed by atoms with van der Waals surface area (Å²) in [6.45, 7) is 0. The van der Waals surface area contributed by atoms with Crippen LogP contribution in [0.15, 0.2) is 73.1 Å². The molecule has 32 heavy (non-hydrogen) atoms. The predicted octanol–water partition coefficient (Wildman–Crippen LogP) is 5.19. The van der Waals surface area contributed by atoms with Crippen LogP contribution < -0.4 is 0 Å². The first-order valence-electron chi connectivity index (χ1n) is 8.79. The first-order chi connectivity index (χ1) is 15.0. The van der Waals surface area contributed by atoms with Crippen LogP contribution in [0.25, 0.3) is 11.4 Å². The second kappa shape index (κ2) is 8.65. The molecule has 6 nitrogen and oxygen atoms in total. The average molecular weight is 456 g/mol. The molecule has 0 fully saturated rings. The summed E-state index contributed by atoms with van der Waals surface area (Å²) in [7, 11) is 0. The molecule has 0 saturated carbocycles. The Labute approximate surface area is 176 Å². The SMILES string of the molecule is Oc1ccccc1-n1nccc1C(F)(F)F.Oc1ccccc1-n1nccc1C(F)(F)F. The summed E-state index contributed by atoms with van der Waals surface area (Å²) in [5, 5.41) is 26.0. The molecule has 2 aromatic carbocycles. The second-order valence-electron chi connectivity index (χ2n) is 6.23. The Morgan fingerprint density at radius 3 is 1.22 bits per heavy atom. The highest BCUT2D eigenvalue weighted by Crippen LogP contribution is 2.33. The number of hydrogen-bond donors (Lipinski definition) is 2. The Morgan fingerprint density at radius 2 is 0.906 bits per heavy atom. The Kier molecular flexibility index (Phi) is 6.14. The zero-order chi connectivity index (χ0) is 23.5. The van der Waals surface area contributed by atoms with E-state index in [1.807, 2.05) is 0 Å². The monoisotopic (exact) mass is 456 g/mol. The van der Waals surface area contributed by atoms with Gasteiger partial charge >= 0.3 is 12.4 Å². The number of hydrogen-bond acceptors (Lipinski definition) is 4. The largest absolute Gasteiger partial charge is 0.506 e. The minimum Gasteiger partial charge on any atom is -0.506 e. The zero-order valence-electron chi connectivity index (χ0n) is 15.9. The van der Waals surface area contributed by atoms with Gasteiger partial charge in [-0.05, 0) is 36.4 Å². The standard InChI is InChI=1S/2C10H7F3N2O/c2*11-10(12,13)9-5-6-14-15(9)7-3-1-2-4-8(7)16/h2*1-6,16H. The Balaban J connectivity index is 0.000000181. The van der Waals surface area contributed by atoms with Crippen LogP contribution in [0.3, 0.4) is 0 Å². The molecular formula is C20H14F6N4O2. The molecule has 0 aliphatic rings. The molecule has 0 bridgehead atoms. The van der Waals surface area contributed by atoms with E-state index in [-0.39, 0.29) is 22.9 Å². The van der Waals surface area contributed by atoms with E-state index < -0.39 is 23.7 Å². The van der Waals surface area contributed by atoms with Crippen LogP contribution in [-0.2, 0) is 12.4 Å². The molecule has 2 N–H and O–H groups in total. The molecule has 4 rings (SSSR count). The summed E-state index contributed by atoms with van der Waals surface area (Å²) in [4.78, 5) is 0. The third-order valence-electron chi connectivity index (χ3n) is 4.09. The van der Waals surface area contributed by atoms with E-state index in [1.54, 1.807) is 0 Å². The molecule has 0 aliphatic carbocycles. The Hall–Kier alpha value is -3.96. The minimum absolute atomic E-state index is 0.000162. The fourth-order valence-corrected chi connectivity index (χ4v) is 2.71. The fraction of sp³-hybridized carbons (Fsp3) is 0.100. The maximum absolute atomic E-state index is 12.6. The minimum atomic E-state index is -4.50. The number of nitrogens with zero attached hydrogens (tertiary/aromatic N) is 4. The van der Waals surface area contributed by atoms with Crippen molar-refractivity contribution in [1.29, 1.82) is 0 Å². The number of para-hydroxylation sites is 4. The van der Waals surface area contributed by atoms with E-state index in [4.69, 9.17) is 0 Å². The highest BCUT2D eigenvalue weighted by atomic mass is 19.4. The molecule has 0 aliphatic heterocycles. The van der Waals surface area contributed by atoms with Gasteiger partial charge in [0.2, 0.25) is 0 Å². The first-order valence-corrected chi connectivity index (χ1v) is 8.79. The molecule has 0 amide bonds. The third-order valence-corrected chi connectivity index (χ3v) is 4.09. The van der Waals surface area contributed by atoms with Crippen molar-refractivity contribution >= 4 is 0 Å². The number of phenolic OH excluding ortho intramolecular Hbond substituents is 2. The molecule has 12 heteroatoms. The van der Waals surface area contributed by atoms with Gasteiger partial charge in [0.25, 0.3) is 0 Å². The lowest BCUT2D eigenvalue weighted by Gasteiger charge is -2.11. The molecule has 4 aromatic rings. The molecule has 0 radical (unpaired) electrons. The van der Waals surface area contributed by atoms with Crippen LogP contribution >= 0.6 is 0 Å². The molecule has 2 aromatic heterocycles. The van der Waals surface area contributed by atoms with Crippen LogP contribution in [-0.4, -0.2) is 29.8 Å². The van der Waals surface area contributed by atoms with Crippen molar-refractivity contribution in [3.63, 3.8) is 0 Å². The van der Waals surface area contributed by atoms with Crippen molar-refractivity contribution in [2.75, 3.05) is 0 Å². The molecule has 0 unspecified atom stereocenters. The first kappa shape index (κ1) is 22.7. The molecular weight excluding hydrogens is 442 g/mol.